The van der Waals surface area contributed by atoms with Crippen LogP contribution in [0.5, 0.6) is 0 Å². The third-order valence-corrected chi connectivity index (χ3v) is 5.05. The van der Waals surface area contributed by atoms with Crippen molar-refractivity contribution in [2.45, 2.75) is 50.3 Å². The minimum Gasteiger partial charge on any atom is -0.385 e. The molecule has 102 valence electrons. The van der Waals surface area contributed by atoms with E-state index >= 15 is 0 Å². The lowest BCUT2D eigenvalue weighted by Crippen LogP contribution is -2.47. The first kappa shape index (κ1) is 12.9. The minimum atomic E-state index is -0.633. The van der Waals surface area contributed by atoms with Crippen LogP contribution in [0.4, 0.5) is 0 Å². The zero-order chi connectivity index (χ0) is 13.6. The number of nitrogens with zero attached hydrogens (tertiary/aromatic N) is 1. The van der Waals surface area contributed by atoms with E-state index in [2.05, 4.69) is 42.8 Å². The Kier molecular flexibility index (Phi) is 3.03. The van der Waals surface area contributed by atoms with Crippen molar-refractivity contribution in [3.63, 3.8) is 0 Å². The minimum absolute atomic E-state index is 0.546. The fourth-order valence-electron chi connectivity index (χ4n) is 3.75. The van der Waals surface area contributed by atoms with Crippen molar-refractivity contribution in [1.29, 1.82) is 0 Å². The summed E-state index contributed by atoms with van der Waals surface area (Å²) in [5.41, 5.74) is 2.67. The average molecular weight is 257 g/mol. The monoisotopic (exact) mass is 257 g/mol. The Bertz CT molecular complexity index is 476. The van der Waals surface area contributed by atoms with Gasteiger partial charge in [0.1, 0.15) is 0 Å². The largest absolute Gasteiger partial charge is 0.385 e. The van der Waals surface area contributed by atoms with E-state index in [9.17, 15) is 5.11 Å². The highest BCUT2D eigenvalue weighted by Crippen LogP contribution is 2.44. The molecule has 2 unspecified atom stereocenters. The fraction of sp³-hybridized carbons (Fsp3) is 0.529. The highest BCUT2D eigenvalue weighted by molar-refractivity contribution is 5.61. The molecule has 2 bridgehead atoms. The first-order valence-electron chi connectivity index (χ1n) is 7.20. The van der Waals surface area contributed by atoms with E-state index in [1.54, 1.807) is 0 Å². The van der Waals surface area contributed by atoms with Crippen molar-refractivity contribution in [3.8, 4) is 0 Å². The SMILES string of the molecule is C=C(C)c1ccc(C2(O)CC3CCC(C2)N3C)cc1. The summed E-state index contributed by atoms with van der Waals surface area (Å²) in [5.74, 6) is 0. The van der Waals surface area contributed by atoms with Crippen molar-refractivity contribution in [2.75, 3.05) is 7.05 Å². The standard InChI is InChI=1S/C17H23NO/c1-12(2)13-4-6-14(7-5-13)17(19)10-15-8-9-16(11-17)18(15)3/h4-7,15-16,19H,1,8-11H2,2-3H3. The molecule has 1 aromatic carbocycles. The van der Waals surface area contributed by atoms with Gasteiger partial charge in [-0.25, -0.2) is 0 Å². The van der Waals surface area contributed by atoms with Crippen molar-refractivity contribution >= 4 is 5.57 Å². The van der Waals surface area contributed by atoms with Gasteiger partial charge in [-0.05, 0) is 50.8 Å². The van der Waals surface area contributed by atoms with Gasteiger partial charge >= 0.3 is 0 Å². The molecular formula is C17H23NO. The van der Waals surface area contributed by atoms with Gasteiger partial charge in [-0.15, -0.1) is 0 Å². The zero-order valence-corrected chi connectivity index (χ0v) is 11.9. The van der Waals surface area contributed by atoms with Crippen LogP contribution in [0, 0.1) is 0 Å². The van der Waals surface area contributed by atoms with Crippen LogP contribution in [-0.2, 0) is 5.60 Å². The summed E-state index contributed by atoms with van der Waals surface area (Å²) < 4.78 is 0. The van der Waals surface area contributed by atoms with E-state index in [0.29, 0.717) is 12.1 Å². The maximum atomic E-state index is 11.0. The summed E-state index contributed by atoms with van der Waals surface area (Å²) in [6.45, 7) is 5.97. The van der Waals surface area contributed by atoms with Crippen LogP contribution in [-0.4, -0.2) is 29.1 Å². The van der Waals surface area contributed by atoms with Gasteiger partial charge in [-0.1, -0.05) is 36.4 Å². The van der Waals surface area contributed by atoms with Gasteiger partial charge in [-0.3, -0.25) is 0 Å². The van der Waals surface area contributed by atoms with Gasteiger partial charge in [0, 0.05) is 12.1 Å². The van der Waals surface area contributed by atoms with Gasteiger partial charge in [0.25, 0.3) is 0 Å². The van der Waals surface area contributed by atoms with Crippen LogP contribution in [0.1, 0.15) is 43.7 Å². The van der Waals surface area contributed by atoms with Crippen molar-refractivity contribution < 1.29 is 5.11 Å². The Labute approximate surface area is 115 Å². The maximum Gasteiger partial charge on any atom is 0.0926 e. The lowest BCUT2D eigenvalue weighted by Gasteiger charge is -2.42. The van der Waals surface area contributed by atoms with E-state index in [0.717, 1.165) is 29.5 Å². The normalized spacial score (nSPS) is 34.5. The Morgan fingerprint density at radius 1 is 1.21 bits per heavy atom. The molecule has 2 fully saturated rings. The van der Waals surface area contributed by atoms with E-state index in [-0.39, 0.29) is 0 Å². The summed E-state index contributed by atoms with van der Waals surface area (Å²) in [7, 11) is 2.20. The van der Waals surface area contributed by atoms with Crippen LogP contribution in [0.25, 0.3) is 5.57 Å². The number of hydrogen-bond acceptors (Lipinski definition) is 2. The molecule has 1 N–H and O–H groups in total. The van der Waals surface area contributed by atoms with E-state index in [1.807, 2.05) is 6.92 Å². The van der Waals surface area contributed by atoms with Crippen LogP contribution < -0.4 is 0 Å². The van der Waals surface area contributed by atoms with Crippen LogP contribution in [0.2, 0.25) is 0 Å². The lowest BCUT2D eigenvalue weighted by molar-refractivity contribution is -0.0493. The number of benzene rings is 1. The van der Waals surface area contributed by atoms with Crippen LogP contribution in [0.15, 0.2) is 30.8 Å². The Balaban J connectivity index is 1.87. The molecule has 0 amide bonds. The predicted molar refractivity (Wildman–Crippen MR) is 78.9 cm³/mol. The molecule has 2 atom stereocenters. The summed E-state index contributed by atoms with van der Waals surface area (Å²) in [5, 5.41) is 11.0. The van der Waals surface area contributed by atoms with Crippen molar-refractivity contribution in [1.82, 2.24) is 4.90 Å². The van der Waals surface area contributed by atoms with Gasteiger partial charge < -0.3 is 10.0 Å². The van der Waals surface area contributed by atoms with Gasteiger partial charge in [0.2, 0.25) is 0 Å². The lowest BCUT2D eigenvalue weighted by atomic mass is 9.80. The molecule has 0 radical (unpaired) electrons. The second-order valence-electron chi connectivity index (χ2n) is 6.35. The maximum absolute atomic E-state index is 11.0. The number of fused-ring (bicyclic) bond motifs is 2. The predicted octanol–water partition coefficient (Wildman–Crippen LogP) is 3.16. The average Bonchev–Trinajstić information content (AvgIpc) is 2.63. The molecule has 0 aromatic heterocycles. The molecule has 1 aromatic rings. The molecule has 2 aliphatic heterocycles. The van der Waals surface area contributed by atoms with Crippen molar-refractivity contribution in [3.05, 3.63) is 42.0 Å². The number of piperidine rings is 1. The highest BCUT2D eigenvalue weighted by atomic mass is 16.3. The fourth-order valence-corrected chi connectivity index (χ4v) is 3.75. The Morgan fingerprint density at radius 3 is 2.21 bits per heavy atom. The Morgan fingerprint density at radius 2 is 1.74 bits per heavy atom. The van der Waals surface area contributed by atoms with E-state index in [1.165, 1.54) is 12.8 Å². The molecule has 0 aliphatic carbocycles. The molecule has 2 aliphatic rings. The second kappa shape index (κ2) is 4.46. The second-order valence-corrected chi connectivity index (χ2v) is 6.35. The molecule has 2 saturated heterocycles. The third kappa shape index (κ3) is 2.13. The summed E-state index contributed by atoms with van der Waals surface area (Å²) in [6, 6.07) is 9.41. The summed E-state index contributed by atoms with van der Waals surface area (Å²) in [6.07, 6.45) is 4.19. The Hall–Kier alpha value is -1.12. The number of hydrogen-bond donors (Lipinski definition) is 1. The topological polar surface area (TPSA) is 23.5 Å². The number of aliphatic hydroxyl groups is 1. The number of rotatable bonds is 2. The van der Waals surface area contributed by atoms with Crippen LogP contribution >= 0.6 is 0 Å². The van der Waals surface area contributed by atoms with Crippen molar-refractivity contribution in [2.24, 2.45) is 0 Å². The molecule has 0 saturated carbocycles. The molecule has 2 heteroatoms. The summed E-state index contributed by atoms with van der Waals surface area (Å²) in [4.78, 5) is 2.46. The van der Waals surface area contributed by atoms with Crippen LogP contribution in [0.3, 0.4) is 0 Å². The molecule has 2 nitrogen and oxygen atoms in total. The van der Waals surface area contributed by atoms with Gasteiger partial charge in [-0.2, -0.15) is 0 Å². The number of allylic oxidation sites excluding steroid dienone is 1. The van der Waals surface area contributed by atoms with E-state index in [4.69, 9.17) is 0 Å². The van der Waals surface area contributed by atoms with Gasteiger partial charge in [0.15, 0.2) is 0 Å². The third-order valence-electron chi connectivity index (χ3n) is 5.05. The highest BCUT2D eigenvalue weighted by Gasteiger charge is 2.46. The smallest absolute Gasteiger partial charge is 0.0926 e. The molecular weight excluding hydrogens is 234 g/mol. The molecule has 2 heterocycles. The zero-order valence-electron chi connectivity index (χ0n) is 11.9. The van der Waals surface area contributed by atoms with E-state index < -0.39 is 5.60 Å². The van der Waals surface area contributed by atoms with Gasteiger partial charge in [0.05, 0.1) is 5.60 Å². The molecule has 19 heavy (non-hydrogen) atoms. The first-order valence-corrected chi connectivity index (χ1v) is 7.20. The molecule has 0 spiro atoms. The quantitative estimate of drug-likeness (QED) is 0.879. The summed E-state index contributed by atoms with van der Waals surface area (Å²) >= 11 is 0. The molecule has 3 rings (SSSR count). The first-order chi connectivity index (χ1) is 8.99.